The van der Waals surface area contributed by atoms with Crippen LogP contribution in [0.25, 0.3) is 0 Å². The number of hydrogen-bond donors (Lipinski definition) is 1. The van der Waals surface area contributed by atoms with Gasteiger partial charge in [-0.3, -0.25) is 4.98 Å². The quantitative estimate of drug-likeness (QED) is 0.866. The summed E-state index contributed by atoms with van der Waals surface area (Å²) < 4.78 is 0. The maximum atomic E-state index is 4.19. The van der Waals surface area contributed by atoms with Gasteiger partial charge in [0, 0.05) is 12.4 Å². The molecule has 3 rings (SSSR count). The third-order valence-corrected chi connectivity index (χ3v) is 4.16. The van der Waals surface area contributed by atoms with E-state index in [9.17, 15) is 0 Å². The van der Waals surface area contributed by atoms with Gasteiger partial charge in [-0.2, -0.15) is 0 Å². The summed E-state index contributed by atoms with van der Waals surface area (Å²) in [6.45, 7) is 4.69. The summed E-state index contributed by atoms with van der Waals surface area (Å²) in [6.07, 6.45) is 6.09. The molecule has 1 aromatic heterocycles. The van der Waals surface area contributed by atoms with E-state index < -0.39 is 0 Å². The lowest BCUT2D eigenvalue weighted by molar-refractivity contribution is 0.265. The van der Waals surface area contributed by atoms with Crippen LogP contribution in [0, 0.1) is 5.41 Å². The molecule has 1 aliphatic rings. The van der Waals surface area contributed by atoms with Gasteiger partial charge in [0.05, 0.1) is 11.7 Å². The van der Waals surface area contributed by atoms with Crippen LogP contribution in [0.3, 0.4) is 0 Å². The Kier molecular flexibility index (Phi) is 3.02. The SMILES string of the molecule is CC1(C)CCc2ccccc2C1Nc1cccnc1. The first-order valence-corrected chi connectivity index (χ1v) is 6.91. The zero-order valence-corrected chi connectivity index (χ0v) is 11.6. The topological polar surface area (TPSA) is 24.9 Å². The van der Waals surface area contributed by atoms with E-state index in [1.54, 1.807) is 0 Å². The highest BCUT2D eigenvalue weighted by Gasteiger charge is 2.35. The van der Waals surface area contributed by atoms with Crippen molar-refractivity contribution in [3.8, 4) is 0 Å². The molecule has 98 valence electrons. The van der Waals surface area contributed by atoms with Crippen LogP contribution in [-0.2, 0) is 6.42 Å². The van der Waals surface area contributed by atoms with Gasteiger partial charge >= 0.3 is 0 Å². The molecule has 0 bridgehead atoms. The average molecular weight is 252 g/mol. The fourth-order valence-electron chi connectivity index (χ4n) is 2.95. The van der Waals surface area contributed by atoms with Crippen LogP contribution in [0.15, 0.2) is 48.8 Å². The summed E-state index contributed by atoms with van der Waals surface area (Å²) in [5.41, 5.74) is 4.26. The minimum absolute atomic E-state index is 0.254. The zero-order valence-electron chi connectivity index (χ0n) is 11.6. The minimum Gasteiger partial charge on any atom is -0.376 e. The number of fused-ring (bicyclic) bond motifs is 1. The van der Waals surface area contributed by atoms with Crippen molar-refractivity contribution in [3.63, 3.8) is 0 Å². The summed E-state index contributed by atoms with van der Waals surface area (Å²) in [6, 6.07) is 13.2. The number of rotatable bonds is 2. The third-order valence-electron chi connectivity index (χ3n) is 4.16. The maximum absolute atomic E-state index is 4.19. The van der Waals surface area contributed by atoms with Gasteiger partial charge in [-0.1, -0.05) is 38.1 Å². The zero-order chi connectivity index (χ0) is 13.3. The van der Waals surface area contributed by atoms with Crippen molar-refractivity contribution < 1.29 is 0 Å². The predicted molar refractivity (Wildman–Crippen MR) is 79.1 cm³/mol. The van der Waals surface area contributed by atoms with E-state index in [-0.39, 0.29) is 5.41 Å². The van der Waals surface area contributed by atoms with Gasteiger partial charge in [0.15, 0.2) is 0 Å². The van der Waals surface area contributed by atoms with Gasteiger partial charge in [0.1, 0.15) is 0 Å². The fraction of sp³-hybridized carbons (Fsp3) is 0.353. The second kappa shape index (κ2) is 4.69. The lowest BCUT2D eigenvalue weighted by Gasteiger charge is -2.41. The molecule has 2 aromatic rings. The summed E-state index contributed by atoms with van der Waals surface area (Å²) >= 11 is 0. The third kappa shape index (κ3) is 2.35. The summed E-state index contributed by atoms with van der Waals surface area (Å²) in [4.78, 5) is 4.19. The molecule has 1 aliphatic carbocycles. The van der Waals surface area contributed by atoms with Crippen molar-refractivity contribution >= 4 is 5.69 Å². The molecule has 1 N–H and O–H groups in total. The molecule has 0 radical (unpaired) electrons. The van der Waals surface area contributed by atoms with E-state index >= 15 is 0 Å². The Morgan fingerprint density at radius 3 is 2.79 bits per heavy atom. The number of pyridine rings is 1. The molecular formula is C17H20N2. The summed E-state index contributed by atoms with van der Waals surface area (Å²) in [5, 5.41) is 3.66. The molecule has 1 aromatic carbocycles. The van der Waals surface area contributed by atoms with Crippen LogP contribution in [0.4, 0.5) is 5.69 Å². The highest BCUT2D eigenvalue weighted by molar-refractivity contribution is 5.46. The van der Waals surface area contributed by atoms with Crippen LogP contribution < -0.4 is 5.32 Å². The van der Waals surface area contributed by atoms with Crippen molar-refractivity contribution in [3.05, 3.63) is 59.9 Å². The molecule has 0 spiro atoms. The van der Waals surface area contributed by atoms with Crippen LogP contribution in [-0.4, -0.2) is 4.98 Å². The molecule has 19 heavy (non-hydrogen) atoms. The van der Waals surface area contributed by atoms with E-state index in [0.717, 1.165) is 5.69 Å². The Morgan fingerprint density at radius 2 is 2.00 bits per heavy atom. The van der Waals surface area contributed by atoms with Crippen LogP contribution in [0.5, 0.6) is 0 Å². The van der Waals surface area contributed by atoms with Gasteiger partial charge in [-0.05, 0) is 41.5 Å². The van der Waals surface area contributed by atoms with Gasteiger partial charge in [-0.15, -0.1) is 0 Å². The number of nitrogens with one attached hydrogen (secondary N) is 1. The molecule has 0 saturated carbocycles. The second-order valence-electron chi connectivity index (χ2n) is 6.01. The maximum Gasteiger partial charge on any atom is 0.0568 e. The molecule has 0 aliphatic heterocycles. The van der Waals surface area contributed by atoms with E-state index in [1.807, 2.05) is 18.5 Å². The summed E-state index contributed by atoms with van der Waals surface area (Å²) in [5.74, 6) is 0. The lowest BCUT2D eigenvalue weighted by atomic mass is 9.70. The molecule has 0 amide bonds. The van der Waals surface area contributed by atoms with E-state index in [1.165, 1.54) is 24.0 Å². The highest BCUT2D eigenvalue weighted by atomic mass is 15.0. The first-order chi connectivity index (χ1) is 9.17. The standard InChI is InChI=1S/C17H20N2/c1-17(2)10-9-13-6-3-4-8-15(13)16(17)19-14-7-5-11-18-12-14/h3-8,11-12,16,19H,9-10H2,1-2H3. The normalized spacial score (nSPS) is 20.6. The van der Waals surface area contributed by atoms with Crippen LogP contribution >= 0.6 is 0 Å². The molecule has 2 nitrogen and oxygen atoms in total. The lowest BCUT2D eigenvalue weighted by Crippen LogP contribution is -2.33. The van der Waals surface area contributed by atoms with Gasteiger partial charge in [0.2, 0.25) is 0 Å². The molecule has 0 saturated heterocycles. The Morgan fingerprint density at radius 1 is 1.16 bits per heavy atom. The smallest absolute Gasteiger partial charge is 0.0568 e. The molecule has 1 atom stereocenters. The van der Waals surface area contributed by atoms with Crippen molar-refractivity contribution in [2.75, 3.05) is 5.32 Å². The van der Waals surface area contributed by atoms with Crippen LogP contribution in [0.2, 0.25) is 0 Å². The second-order valence-corrected chi connectivity index (χ2v) is 6.01. The molecule has 2 heteroatoms. The van der Waals surface area contributed by atoms with Crippen molar-refractivity contribution in [2.45, 2.75) is 32.7 Å². The molecule has 1 heterocycles. The first-order valence-electron chi connectivity index (χ1n) is 6.91. The highest BCUT2D eigenvalue weighted by Crippen LogP contribution is 2.44. The van der Waals surface area contributed by atoms with Crippen molar-refractivity contribution in [2.24, 2.45) is 5.41 Å². The fourth-order valence-corrected chi connectivity index (χ4v) is 2.95. The van der Waals surface area contributed by atoms with Crippen LogP contribution in [0.1, 0.15) is 37.4 Å². The number of hydrogen-bond acceptors (Lipinski definition) is 2. The average Bonchev–Trinajstić information content (AvgIpc) is 2.43. The van der Waals surface area contributed by atoms with Crippen molar-refractivity contribution in [1.29, 1.82) is 0 Å². The first kappa shape index (κ1) is 12.2. The van der Waals surface area contributed by atoms with E-state index in [0.29, 0.717) is 6.04 Å². The molecule has 1 unspecified atom stereocenters. The van der Waals surface area contributed by atoms with Gasteiger partial charge < -0.3 is 5.32 Å². The Balaban J connectivity index is 1.97. The number of anilines is 1. The predicted octanol–water partition coefficient (Wildman–Crippen LogP) is 4.21. The van der Waals surface area contributed by atoms with E-state index in [4.69, 9.17) is 0 Å². The number of aromatic nitrogens is 1. The van der Waals surface area contributed by atoms with Gasteiger partial charge in [-0.25, -0.2) is 0 Å². The van der Waals surface area contributed by atoms with E-state index in [2.05, 4.69) is 54.5 Å². The Hall–Kier alpha value is -1.83. The Labute approximate surface area is 114 Å². The molecule has 0 fully saturated rings. The monoisotopic (exact) mass is 252 g/mol. The minimum atomic E-state index is 0.254. The van der Waals surface area contributed by atoms with Crippen molar-refractivity contribution in [1.82, 2.24) is 4.98 Å². The summed E-state index contributed by atoms with van der Waals surface area (Å²) in [7, 11) is 0. The number of nitrogens with zero attached hydrogens (tertiary/aromatic N) is 1. The van der Waals surface area contributed by atoms with Gasteiger partial charge in [0.25, 0.3) is 0 Å². The number of benzene rings is 1. The molecular weight excluding hydrogens is 232 g/mol. The largest absolute Gasteiger partial charge is 0.376 e. The number of aryl methyl sites for hydroxylation is 1. The Bertz CT molecular complexity index is 560.